The molecule has 1 aromatic carbocycles. The lowest BCUT2D eigenvalue weighted by Crippen LogP contribution is -2.47. The number of carbonyl (C=O) groups excluding carboxylic acids is 3. The van der Waals surface area contributed by atoms with Gasteiger partial charge in [-0.1, -0.05) is 6.42 Å². The van der Waals surface area contributed by atoms with Crippen molar-refractivity contribution in [1.82, 2.24) is 9.21 Å². The number of piperidine rings is 1. The number of rotatable bonds is 6. The second-order valence-electron chi connectivity index (χ2n) is 7.73. The number of hydrogen-bond acceptors (Lipinski definition) is 5. The lowest BCUT2D eigenvalue weighted by atomic mass is 10.0. The number of anilines is 1. The predicted octanol–water partition coefficient (Wildman–Crippen LogP) is 2.12. The maximum atomic E-state index is 13.0. The first kappa shape index (κ1) is 21.4. The van der Waals surface area contributed by atoms with Gasteiger partial charge in [-0.2, -0.15) is 4.31 Å². The fourth-order valence-electron chi connectivity index (χ4n) is 4.01. The van der Waals surface area contributed by atoms with Crippen molar-refractivity contribution in [2.45, 2.75) is 69.4 Å². The molecular formula is C20H27N3O5S. The standard InChI is InChI=1S/C20H27N3O5S/c1-14-4-3-5-15(2)23(14)29(27,28)17-8-6-16(7-9-17)21-18(24)12-13-22-19(25)10-11-20(22)26/h6-9,14-15H,3-5,10-13H2,1-2H3,(H,21,24)/t14-,15-/m0/s1. The van der Waals surface area contributed by atoms with Crippen LogP contribution in [-0.4, -0.2) is 54.0 Å². The molecule has 2 heterocycles. The SMILES string of the molecule is C[C@H]1CCC[C@H](C)N1S(=O)(=O)c1ccc(NC(=O)CCN2C(=O)CCC2=O)cc1. The Morgan fingerprint density at radius 3 is 2.14 bits per heavy atom. The van der Waals surface area contributed by atoms with Crippen LogP contribution in [0, 0.1) is 0 Å². The van der Waals surface area contributed by atoms with E-state index in [0.29, 0.717) is 5.69 Å². The van der Waals surface area contributed by atoms with Crippen LogP contribution in [0.1, 0.15) is 52.4 Å². The van der Waals surface area contributed by atoms with Crippen LogP contribution in [0.3, 0.4) is 0 Å². The lowest BCUT2D eigenvalue weighted by molar-refractivity contribution is -0.138. The summed E-state index contributed by atoms with van der Waals surface area (Å²) in [5.74, 6) is -0.844. The van der Waals surface area contributed by atoms with Gasteiger partial charge in [0.25, 0.3) is 0 Å². The van der Waals surface area contributed by atoms with Crippen LogP contribution in [-0.2, 0) is 24.4 Å². The Bertz CT molecular complexity index is 871. The van der Waals surface area contributed by atoms with Crippen LogP contribution in [0.4, 0.5) is 5.69 Å². The number of sulfonamides is 1. The quantitative estimate of drug-likeness (QED) is 0.709. The van der Waals surface area contributed by atoms with Crippen molar-refractivity contribution < 1.29 is 22.8 Å². The monoisotopic (exact) mass is 421 g/mol. The fraction of sp³-hybridized carbons (Fsp3) is 0.550. The van der Waals surface area contributed by atoms with E-state index < -0.39 is 10.0 Å². The van der Waals surface area contributed by atoms with Crippen LogP contribution in [0.5, 0.6) is 0 Å². The molecule has 9 heteroatoms. The molecule has 3 rings (SSSR count). The van der Waals surface area contributed by atoms with Crippen LogP contribution < -0.4 is 5.32 Å². The van der Waals surface area contributed by atoms with Crippen molar-refractivity contribution in [3.8, 4) is 0 Å². The van der Waals surface area contributed by atoms with Crippen molar-refractivity contribution in [3.63, 3.8) is 0 Å². The lowest BCUT2D eigenvalue weighted by Gasteiger charge is -2.37. The fourth-order valence-corrected chi connectivity index (χ4v) is 5.89. The smallest absolute Gasteiger partial charge is 0.243 e. The van der Waals surface area contributed by atoms with E-state index in [9.17, 15) is 22.8 Å². The second-order valence-corrected chi connectivity index (χ2v) is 9.57. The Morgan fingerprint density at radius 2 is 1.59 bits per heavy atom. The van der Waals surface area contributed by atoms with Gasteiger partial charge >= 0.3 is 0 Å². The molecule has 0 radical (unpaired) electrons. The first-order valence-corrected chi connectivity index (χ1v) is 11.4. The first-order valence-electron chi connectivity index (χ1n) is 9.97. The van der Waals surface area contributed by atoms with E-state index in [0.717, 1.165) is 24.2 Å². The first-order chi connectivity index (χ1) is 13.7. The third-order valence-corrected chi connectivity index (χ3v) is 7.69. The maximum Gasteiger partial charge on any atom is 0.243 e. The number of hydrogen-bond donors (Lipinski definition) is 1. The van der Waals surface area contributed by atoms with Gasteiger partial charge in [0.05, 0.1) is 4.90 Å². The van der Waals surface area contributed by atoms with Crippen molar-refractivity contribution in [2.24, 2.45) is 0 Å². The molecule has 2 atom stereocenters. The summed E-state index contributed by atoms with van der Waals surface area (Å²) in [5.41, 5.74) is 0.466. The zero-order valence-corrected chi connectivity index (χ0v) is 17.6. The molecule has 1 aromatic rings. The average molecular weight is 422 g/mol. The molecule has 1 N–H and O–H groups in total. The summed E-state index contributed by atoms with van der Waals surface area (Å²) in [6.45, 7) is 3.91. The van der Waals surface area contributed by atoms with Gasteiger partial charge in [-0.15, -0.1) is 0 Å². The summed E-state index contributed by atoms with van der Waals surface area (Å²) in [6, 6.07) is 6.00. The Kier molecular flexibility index (Phi) is 6.38. The van der Waals surface area contributed by atoms with Gasteiger partial charge in [0.1, 0.15) is 0 Å². The summed E-state index contributed by atoms with van der Waals surface area (Å²) in [5, 5.41) is 2.67. The molecule has 0 saturated carbocycles. The Balaban J connectivity index is 1.61. The predicted molar refractivity (Wildman–Crippen MR) is 107 cm³/mol. The maximum absolute atomic E-state index is 13.0. The van der Waals surface area contributed by atoms with E-state index in [1.165, 1.54) is 12.1 Å². The van der Waals surface area contributed by atoms with Crippen molar-refractivity contribution >= 4 is 33.4 Å². The summed E-state index contributed by atoms with van der Waals surface area (Å²) in [4.78, 5) is 36.6. The van der Waals surface area contributed by atoms with E-state index in [1.807, 2.05) is 13.8 Å². The molecule has 2 aliphatic rings. The molecule has 0 spiro atoms. The normalized spacial score (nSPS) is 23.4. The largest absolute Gasteiger partial charge is 0.326 e. The summed E-state index contributed by atoms with van der Waals surface area (Å²) in [7, 11) is -3.60. The van der Waals surface area contributed by atoms with Gasteiger partial charge < -0.3 is 5.32 Å². The topological polar surface area (TPSA) is 104 Å². The highest BCUT2D eigenvalue weighted by Crippen LogP contribution is 2.30. The zero-order valence-electron chi connectivity index (χ0n) is 16.8. The van der Waals surface area contributed by atoms with Gasteiger partial charge in [0.2, 0.25) is 27.7 Å². The number of carbonyl (C=O) groups is 3. The Labute approximate surface area is 171 Å². The molecule has 0 aromatic heterocycles. The van der Waals surface area contributed by atoms with E-state index in [2.05, 4.69) is 5.32 Å². The van der Waals surface area contributed by atoms with Crippen LogP contribution in [0.2, 0.25) is 0 Å². The van der Waals surface area contributed by atoms with Gasteiger partial charge in [0, 0.05) is 43.6 Å². The molecule has 2 aliphatic heterocycles. The molecule has 0 aliphatic carbocycles. The number of nitrogens with zero attached hydrogens (tertiary/aromatic N) is 2. The van der Waals surface area contributed by atoms with Crippen molar-refractivity contribution in [1.29, 1.82) is 0 Å². The highest BCUT2D eigenvalue weighted by atomic mass is 32.2. The molecule has 0 unspecified atom stereocenters. The molecule has 8 nitrogen and oxygen atoms in total. The third kappa shape index (κ3) is 4.67. The number of likely N-dealkylation sites (tertiary alicyclic amines) is 1. The molecule has 0 bridgehead atoms. The zero-order chi connectivity index (χ0) is 21.2. The third-order valence-electron chi connectivity index (χ3n) is 5.54. The van der Waals surface area contributed by atoms with Crippen LogP contribution in [0.15, 0.2) is 29.2 Å². The number of imide groups is 1. The van der Waals surface area contributed by atoms with E-state index in [4.69, 9.17) is 0 Å². The van der Waals surface area contributed by atoms with E-state index in [1.54, 1.807) is 16.4 Å². The molecule has 158 valence electrons. The highest BCUT2D eigenvalue weighted by molar-refractivity contribution is 7.89. The summed E-state index contributed by atoms with van der Waals surface area (Å²) < 4.78 is 27.6. The molecule has 2 fully saturated rings. The van der Waals surface area contributed by atoms with Gasteiger partial charge in [-0.05, 0) is 51.0 Å². The average Bonchev–Trinajstić information content (AvgIpc) is 2.98. The van der Waals surface area contributed by atoms with Gasteiger partial charge in [-0.3, -0.25) is 19.3 Å². The minimum atomic E-state index is -3.60. The van der Waals surface area contributed by atoms with Crippen molar-refractivity contribution in [2.75, 3.05) is 11.9 Å². The number of amides is 3. The van der Waals surface area contributed by atoms with E-state index >= 15 is 0 Å². The minimum absolute atomic E-state index is 0.000335. The minimum Gasteiger partial charge on any atom is -0.326 e. The van der Waals surface area contributed by atoms with Gasteiger partial charge in [0.15, 0.2) is 0 Å². The van der Waals surface area contributed by atoms with Crippen LogP contribution >= 0.6 is 0 Å². The van der Waals surface area contributed by atoms with E-state index in [-0.39, 0.29) is 60.5 Å². The molecule has 2 saturated heterocycles. The summed E-state index contributed by atoms with van der Waals surface area (Å²) in [6.07, 6.45) is 3.11. The number of benzene rings is 1. The van der Waals surface area contributed by atoms with Gasteiger partial charge in [-0.25, -0.2) is 8.42 Å². The molecule has 29 heavy (non-hydrogen) atoms. The number of nitrogens with one attached hydrogen (secondary N) is 1. The Hall–Kier alpha value is -2.26. The molecule has 3 amide bonds. The van der Waals surface area contributed by atoms with Crippen molar-refractivity contribution in [3.05, 3.63) is 24.3 Å². The second kappa shape index (κ2) is 8.62. The molecular weight excluding hydrogens is 394 g/mol. The van der Waals surface area contributed by atoms with Crippen LogP contribution in [0.25, 0.3) is 0 Å². The highest BCUT2D eigenvalue weighted by Gasteiger charge is 2.35. The Morgan fingerprint density at radius 1 is 1.03 bits per heavy atom. The summed E-state index contributed by atoms with van der Waals surface area (Å²) >= 11 is 0.